The number of nitriles is 1. The zero-order valence-corrected chi connectivity index (χ0v) is 15.6. The molecule has 0 aromatic heterocycles. The van der Waals surface area contributed by atoms with Crippen molar-refractivity contribution in [2.75, 3.05) is 46.0 Å². The van der Waals surface area contributed by atoms with Gasteiger partial charge in [0.1, 0.15) is 5.82 Å². The third-order valence-corrected chi connectivity index (χ3v) is 6.81. The Labute approximate surface area is 158 Å². The number of ether oxygens (including phenoxy) is 2. The molecular weight excluding hydrogens is 353 g/mol. The number of benzene rings is 1. The molecule has 0 N–H and O–H groups in total. The largest absolute Gasteiger partial charge is 0.379 e. The molecule has 7 heteroatoms. The van der Waals surface area contributed by atoms with Gasteiger partial charge in [-0.15, -0.1) is 0 Å². The van der Waals surface area contributed by atoms with Crippen molar-refractivity contribution < 1.29 is 13.9 Å². The maximum absolute atomic E-state index is 14.0. The van der Waals surface area contributed by atoms with Crippen LogP contribution in [-0.2, 0) is 9.47 Å². The lowest BCUT2D eigenvalue weighted by molar-refractivity contribution is -0.0318. The van der Waals surface area contributed by atoms with Gasteiger partial charge in [0.25, 0.3) is 0 Å². The van der Waals surface area contributed by atoms with Crippen LogP contribution in [-0.4, -0.2) is 66.8 Å². The fourth-order valence-electron chi connectivity index (χ4n) is 4.11. The van der Waals surface area contributed by atoms with E-state index in [1.807, 2.05) is 0 Å². The summed E-state index contributed by atoms with van der Waals surface area (Å²) in [4.78, 5) is 3.03. The Morgan fingerprint density at radius 2 is 1.96 bits per heavy atom. The molecule has 0 amide bonds. The van der Waals surface area contributed by atoms with Gasteiger partial charge in [-0.2, -0.15) is 5.26 Å². The Bertz CT molecular complexity index is 682. The average Bonchev–Trinajstić information content (AvgIpc) is 3.10. The third-order valence-electron chi connectivity index (χ3n) is 5.67. The van der Waals surface area contributed by atoms with Crippen LogP contribution < -0.4 is 0 Å². The van der Waals surface area contributed by atoms with Crippen LogP contribution in [0.3, 0.4) is 0 Å². The van der Waals surface area contributed by atoms with Gasteiger partial charge in [0.05, 0.1) is 41.9 Å². The predicted molar refractivity (Wildman–Crippen MR) is 97.3 cm³/mol. The summed E-state index contributed by atoms with van der Waals surface area (Å²) >= 11 is 1.42. The van der Waals surface area contributed by atoms with Crippen LogP contribution in [0.1, 0.15) is 24.8 Å². The van der Waals surface area contributed by atoms with Gasteiger partial charge < -0.3 is 9.47 Å². The summed E-state index contributed by atoms with van der Waals surface area (Å²) in [5.41, 5.74) is 0.474. The van der Waals surface area contributed by atoms with Crippen molar-refractivity contribution in [2.45, 2.75) is 35.8 Å². The van der Waals surface area contributed by atoms with E-state index >= 15 is 0 Å². The summed E-state index contributed by atoms with van der Waals surface area (Å²) in [5.74, 6) is -0.265. The molecule has 3 saturated heterocycles. The monoisotopic (exact) mass is 377 g/mol. The summed E-state index contributed by atoms with van der Waals surface area (Å²) in [6.45, 7) is 6.20. The summed E-state index contributed by atoms with van der Waals surface area (Å²) in [5, 5.41) is 9.01. The van der Waals surface area contributed by atoms with Crippen molar-refractivity contribution in [2.24, 2.45) is 0 Å². The Morgan fingerprint density at radius 1 is 1.19 bits per heavy atom. The molecule has 3 aliphatic heterocycles. The van der Waals surface area contributed by atoms with E-state index in [0.717, 1.165) is 65.3 Å². The molecular formula is C19H24FN3O2S. The first kappa shape index (κ1) is 18.2. The number of halogens is 1. The van der Waals surface area contributed by atoms with E-state index in [4.69, 9.17) is 14.7 Å². The Balaban J connectivity index is 1.32. The van der Waals surface area contributed by atoms with E-state index in [1.165, 1.54) is 24.1 Å². The summed E-state index contributed by atoms with van der Waals surface area (Å²) < 4.78 is 27.9. The van der Waals surface area contributed by atoms with Crippen molar-refractivity contribution in [1.82, 2.24) is 9.21 Å². The van der Waals surface area contributed by atoms with Crippen LogP contribution in [0.15, 0.2) is 23.1 Å². The lowest BCUT2D eigenvalue weighted by Crippen LogP contribution is -2.46. The van der Waals surface area contributed by atoms with E-state index in [1.54, 1.807) is 6.07 Å². The van der Waals surface area contributed by atoms with Gasteiger partial charge in [-0.1, -0.05) is 0 Å². The molecule has 3 fully saturated rings. The summed E-state index contributed by atoms with van der Waals surface area (Å²) in [7, 11) is 0. The van der Waals surface area contributed by atoms with E-state index in [9.17, 15) is 4.39 Å². The van der Waals surface area contributed by atoms with Gasteiger partial charge in [-0.25, -0.2) is 8.70 Å². The quantitative estimate of drug-likeness (QED) is 0.755. The highest BCUT2D eigenvalue weighted by Gasteiger charge is 2.44. The second kappa shape index (κ2) is 7.83. The molecule has 0 bridgehead atoms. The van der Waals surface area contributed by atoms with Crippen LogP contribution in [0.2, 0.25) is 0 Å². The van der Waals surface area contributed by atoms with E-state index in [-0.39, 0.29) is 11.4 Å². The maximum Gasteiger partial charge on any atom is 0.138 e. The molecule has 5 nitrogen and oxygen atoms in total. The molecule has 140 valence electrons. The SMILES string of the molecule is N#Cc1ccc(F)c(SN2CCC3(CC2)CC(N2CCOCC2)CO3)c1. The van der Waals surface area contributed by atoms with Gasteiger partial charge in [0.15, 0.2) is 0 Å². The van der Waals surface area contributed by atoms with Crippen LogP contribution >= 0.6 is 11.9 Å². The first-order valence-electron chi connectivity index (χ1n) is 9.26. The lowest BCUT2D eigenvalue weighted by Gasteiger charge is -2.38. The fourth-order valence-corrected chi connectivity index (χ4v) is 5.09. The molecule has 4 rings (SSSR count). The predicted octanol–water partition coefficient (Wildman–Crippen LogP) is 2.66. The smallest absolute Gasteiger partial charge is 0.138 e. The highest BCUT2D eigenvalue weighted by molar-refractivity contribution is 7.97. The Hall–Kier alpha value is -1.17. The fraction of sp³-hybridized carbons (Fsp3) is 0.632. The van der Waals surface area contributed by atoms with Gasteiger partial charge in [-0.3, -0.25) is 4.90 Å². The third kappa shape index (κ3) is 3.90. The normalized spacial score (nSPS) is 26.8. The summed E-state index contributed by atoms with van der Waals surface area (Å²) in [6.07, 6.45) is 3.03. The highest BCUT2D eigenvalue weighted by atomic mass is 32.2. The molecule has 0 radical (unpaired) electrons. The number of hydrogen-bond acceptors (Lipinski definition) is 6. The Morgan fingerprint density at radius 3 is 2.69 bits per heavy atom. The average molecular weight is 377 g/mol. The second-order valence-corrected chi connectivity index (χ2v) is 8.42. The van der Waals surface area contributed by atoms with Gasteiger partial charge >= 0.3 is 0 Å². The van der Waals surface area contributed by atoms with Crippen molar-refractivity contribution >= 4 is 11.9 Å². The van der Waals surface area contributed by atoms with Crippen LogP contribution in [0.4, 0.5) is 4.39 Å². The van der Waals surface area contributed by atoms with E-state index in [2.05, 4.69) is 15.3 Å². The van der Waals surface area contributed by atoms with E-state index in [0.29, 0.717) is 16.5 Å². The minimum atomic E-state index is -0.265. The number of morpholine rings is 1. The molecule has 1 spiro atoms. The molecule has 1 aromatic carbocycles. The maximum atomic E-state index is 14.0. The number of piperidine rings is 1. The minimum Gasteiger partial charge on any atom is -0.379 e. The van der Waals surface area contributed by atoms with Crippen LogP contribution in [0.25, 0.3) is 0 Å². The van der Waals surface area contributed by atoms with Gasteiger partial charge in [-0.05, 0) is 49.4 Å². The Kier molecular flexibility index (Phi) is 5.48. The van der Waals surface area contributed by atoms with Crippen LogP contribution in [0, 0.1) is 17.1 Å². The minimum absolute atomic E-state index is 0.0208. The standard InChI is InChI=1S/C19H24FN3O2S/c20-17-2-1-15(13-21)11-18(17)26-23-5-3-19(4-6-23)12-16(14-25-19)22-7-9-24-10-8-22/h1-2,11,16H,3-10,12,14H2. The molecule has 0 saturated carbocycles. The first-order valence-corrected chi connectivity index (χ1v) is 10.0. The van der Waals surface area contributed by atoms with Gasteiger partial charge in [0.2, 0.25) is 0 Å². The molecule has 3 heterocycles. The zero-order chi connectivity index (χ0) is 18.0. The molecule has 26 heavy (non-hydrogen) atoms. The van der Waals surface area contributed by atoms with Crippen molar-refractivity contribution in [3.8, 4) is 6.07 Å². The van der Waals surface area contributed by atoms with Gasteiger partial charge in [0, 0.05) is 32.2 Å². The van der Waals surface area contributed by atoms with Crippen LogP contribution in [0.5, 0.6) is 0 Å². The number of rotatable bonds is 3. The lowest BCUT2D eigenvalue weighted by atomic mass is 9.88. The zero-order valence-electron chi connectivity index (χ0n) is 14.8. The molecule has 0 aliphatic carbocycles. The van der Waals surface area contributed by atoms with Crippen molar-refractivity contribution in [1.29, 1.82) is 5.26 Å². The number of nitrogens with zero attached hydrogens (tertiary/aromatic N) is 3. The molecule has 1 unspecified atom stereocenters. The molecule has 3 aliphatic rings. The highest BCUT2D eigenvalue weighted by Crippen LogP contribution is 2.40. The van der Waals surface area contributed by atoms with Crippen molar-refractivity contribution in [3.05, 3.63) is 29.6 Å². The van der Waals surface area contributed by atoms with E-state index < -0.39 is 0 Å². The summed E-state index contributed by atoms with van der Waals surface area (Å²) in [6, 6.07) is 7.10. The molecule has 1 aromatic rings. The topological polar surface area (TPSA) is 48.7 Å². The second-order valence-electron chi connectivity index (χ2n) is 7.28. The van der Waals surface area contributed by atoms with Crippen molar-refractivity contribution in [3.63, 3.8) is 0 Å². The number of hydrogen-bond donors (Lipinski definition) is 0. The first-order chi connectivity index (χ1) is 12.7. The molecule has 1 atom stereocenters.